The van der Waals surface area contributed by atoms with E-state index >= 15 is 0 Å². The van der Waals surface area contributed by atoms with Gasteiger partial charge in [-0.05, 0) is 54.1 Å². The Hall–Kier alpha value is -4.46. The normalized spacial score (nSPS) is 11.3. The van der Waals surface area contributed by atoms with Gasteiger partial charge in [0.2, 0.25) is 0 Å². The number of benzene rings is 2. The van der Waals surface area contributed by atoms with Crippen LogP contribution in [0.15, 0.2) is 60.9 Å². The van der Waals surface area contributed by atoms with Gasteiger partial charge in [0.1, 0.15) is 11.5 Å². The molecule has 0 bridgehead atoms. The molecular weight excluding hydrogens is 424 g/mol. The van der Waals surface area contributed by atoms with E-state index in [1.165, 1.54) is 6.08 Å². The van der Waals surface area contributed by atoms with E-state index < -0.39 is 5.97 Å². The molecule has 4 rings (SSSR count). The summed E-state index contributed by atoms with van der Waals surface area (Å²) in [4.78, 5) is 19.3. The number of hydrogen-bond acceptors (Lipinski definition) is 6. The maximum Gasteiger partial charge on any atom is 0.336 e. The summed E-state index contributed by atoms with van der Waals surface area (Å²) < 4.78 is 22.3. The first-order valence-electron chi connectivity index (χ1n) is 9.99. The quantitative estimate of drug-likeness (QED) is 0.367. The minimum atomic E-state index is -1.08. The van der Waals surface area contributed by atoms with Gasteiger partial charge in [-0.2, -0.15) is 0 Å². The molecule has 8 nitrogen and oxygen atoms in total. The van der Waals surface area contributed by atoms with Crippen molar-refractivity contribution in [2.24, 2.45) is 0 Å². The van der Waals surface area contributed by atoms with E-state index in [-0.39, 0.29) is 5.57 Å². The highest BCUT2D eigenvalue weighted by atomic mass is 16.5. The van der Waals surface area contributed by atoms with Crippen molar-refractivity contribution in [2.75, 3.05) is 21.3 Å². The van der Waals surface area contributed by atoms with Crippen LogP contribution in [0, 0.1) is 0 Å². The van der Waals surface area contributed by atoms with E-state index in [9.17, 15) is 9.90 Å². The van der Waals surface area contributed by atoms with Gasteiger partial charge < -0.3 is 29.0 Å². The van der Waals surface area contributed by atoms with E-state index in [2.05, 4.69) is 9.97 Å². The van der Waals surface area contributed by atoms with Gasteiger partial charge in [0.15, 0.2) is 17.2 Å². The van der Waals surface area contributed by atoms with Crippen LogP contribution in [0.25, 0.3) is 22.6 Å². The Balaban J connectivity index is 1.91. The molecule has 0 radical (unpaired) electrons. The minimum absolute atomic E-state index is 0.0856. The average Bonchev–Trinajstić information content (AvgIpc) is 3.18. The largest absolute Gasteiger partial charge is 0.497 e. The third kappa shape index (κ3) is 4.45. The Kier molecular flexibility index (Phi) is 6.17. The van der Waals surface area contributed by atoms with Crippen molar-refractivity contribution in [1.82, 2.24) is 9.97 Å². The number of rotatable bonds is 8. The summed E-state index contributed by atoms with van der Waals surface area (Å²) in [7, 11) is 4.69. The molecule has 2 aromatic carbocycles. The van der Waals surface area contributed by atoms with Crippen LogP contribution in [0.3, 0.4) is 0 Å². The van der Waals surface area contributed by atoms with Crippen molar-refractivity contribution in [3.8, 4) is 28.7 Å². The van der Waals surface area contributed by atoms with E-state index in [1.807, 2.05) is 0 Å². The molecule has 2 aromatic heterocycles. The van der Waals surface area contributed by atoms with Crippen molar-refractivity contribution in [1.29, 1.82) is 0 Å². The minimum Gasteiger partial charge on any atom is -0.497 e. The van der Waals surface area contributed by atoms with Crippen LogP contribution >= 0.6 is 0 Å². The van der Waals surface area contributed by atoms with Crippen LogP contribution in [-0.2, 0) is 4.79 Å². The highest BCUT2D eigenvalue weighted by molar-refractivity contribution is 6.21. The van der Waals surface area contributed by atoms with Gasteiger partial charge in [-0.1, -0.05) is 0 Å². The molecule has 2 heterocycles. The number of hydrogen-bond donors (Lipinski definition) is 2. The summed E-state index contributed by atoms with van der Waals surface area (Å²) in [6.45, 7) is 0. The predicted octanol–water partition coefficient (Wildman–Crippen LogP) is 5.01. The Labute approximate surface area is 190 Å². The van der Waals surface area contributed by atoms with Crippen LogP contribution in [0.4, 0.5) is 0 Å². The van der Waals surface area contributed by atoms with Crippen LogP contribution in [0.5, 0.6) is 28.7 Å². The monoisotopic (exact) mass is 446 g/mol. The second kappa shape index (κ2) is 9.35. The highest BCUT2D eigenvalue weighted by Gasteiger charge is 2.19. The zero-order chi connectivity index (χ0) is 23.4. The summed E-state index contributed by atoms with van der Waals surface area (Å²) in [6.07, 6.45) is 4.62. The van der Waals surface area contributed by atoms with Crippen molar-refractivity contribution < 1.29 is 28.8 Å². The Morgan fingerprint density at radius 2 is 1.55 bits per heavy atom. The third-order valence-electron chi connectivity index (χ3n) is 5.07. The number of aliphatic carboxylic acids is 1. The summed E-state index contributed by atoms with van der Waals surface area (Å²) in [5.41, 5.74) is 1.77. The molecule has 8 heteroatoms. The SMILES string of the molecule is COc1ccc(Oc2c(/C=C(/C(=O)O)c3ccncc3)[nH]c3cc(OC)c(OC)cc23)cc1. The summed E-state index contributed by atoms with van der Waals surface area (Å²) in [6, 6.07) is 13.9. The maximum atomic E-state index is 12.1. The fourth-order valence-electron chi connectivity index (χ4n) is 3.43. The number of fused-ring (bicyclic) bond motifs is 1. The number of carboxylic acids is 1. The zero-order valence-corrected chi connectivity index (χ0v) is 18.3. The molecule has 0 unspecified atom stereocenters. The van der Waals surface area contributed by atoms with Crippen LogP contribution in [0.1, 0.15) is 11.3 Å². The maximum absolute atomic E-state index is 12.1. The smallest absolute Gasteiger partial charge is 0.336 e. The fourth-order valence-corrected chi connectivity index (χ4v) is 3.43. The molecule has 33 heavy (non-hydrogen) atoms. The number of ether oxygens (including phenoxy) is 4. The molecule has 0 fully saturated rings. The van der Waals surface area contributed by atoms with E-state index in [4.69, 9.17) is 18.9 Å². The lowest BCUT2D eigenvalue weighted by atomic mass is 10.1. The van der Waals surface area contributed by atoms with Crippen LogP contribution in [-0.4, -0.2) is 42.4 Å². The molecule has 0 saturated carbocycles. The van der Waals surface area contributed by atoms with E-state index in [1.54, 1.807) is 82.3 Å². The molecule has 0 aliphatic carbocycles. The molecule has 168 valence electrons. The third-order valence-corrected chi connectivity index (χ3v) is 5.07. The summed E-state index contributed by atoms with van der Waals surface area (Å²) in [5.74, 6) is 1.67. The first-order chi connectivity index (χ1) is 16.0. The van der Waals surface area contributed by atoms with Crippen molar-refractivity contribution in [3.63, 3.8) is 0 Å². The Bertz CT molecular complexity index is 1310. The van der Waals surface area contributed by atoms with Gasteiger partial charge in [-0.15, -0.1) is 0 Å². The molecule has 0 spiro atoms. The van der Waals surface area contributed by atoms with Crippen molar-refractivity contribution in [3.05, 3.63) is 72.2 Å². The first kappa shape index (κ1) is 21.8. The van der Waals surface area contributed by atoms with Gasteiger partial charge in [0, 0.05) is 23.8 Å². The number of pyridine rings is 1. The van der Waals surface area contributed by atoms with Crippen molar-refractivity contribution >= 4 is 28.5 Å². The van der Waals surface area contributed by atoms with Gasteiger partial charge in [0.05, 0.1) is 38.1 Å². The molecule has 0 aliphatic heterocycles. The Morgan fingerprint density at radius 3 is 2.15 bits per heavy atom. The van der Waals surface area contributed by atoms with E-state index in [0.717, 1.165) is 0 Å². The average molecular weight is 446 g/mol. The summed E-state index contributed by atoms with van der Waals surface area (Å²) in [5, 5.41) is 10.6. The molecule has 0 amide bonds. The first-order valence-corrected chi connectivity index (χ1v) is 9.99. The Morgan fingerprint density at radius 1 is 0.909 bits per heavy atom. The summed E-state index contributed by atoms with van der Waals surface area (Å²) >= 11 is 0. The van der Waals surface area contributed by atoms with Crippen LogP contribution < -0.4 is 18.9 Å². The van der Waals surface area contributed by atoms with E-state index in [0.29, 0.717) is 50.9 Å². The lowest BCUT2D eigenvalue weighted by Gasteiger charge is -2.10. The van der Waals surface area contributed by atoms with Crippen molar-refractivity contribution in [2.45, 2.75) is 0 Å². The lowest BCUT2D eigenvalue weighted by molar-refractivity contribution is -0.130. The number of nitrogens with one attached hydrogen (secondary N) is 1. The number of aromatic nitrogens is 2. The number of methoxy groups -OCH3 is 3. The highest BCUT2D eigenvalue weighted by Crippen LogP contribution is 2.41. The van der Waals surface area contributed by atoms with Gasteiger partial charge in [-0.3, -0.25) is 4.98 Å². The van der Waals surface area contributed by atoms with Gasteiger partial charge in [0.25, 0.3) is 0 Å². The standard InChI is InChI=1S/C25H22N2O6/c1-30-16-4-6-17(7-5-16)33-24-19-13-22(31-2)23(32-3)14-20(19)27-21(24)12-18(25(28)29)15-8-10-26-11-9-15/h4-14,27H,1-3H3,(H,28,29)/b18-12+. The molecule has 0 aliphatic rings. The number of carboxylic acid groups (broad SMARTS) is 1. The number of H-pyrrole nitrogens is 1. The number of aromatic amines is 1. The fraction of sp³-hybridized carbons (Fsp3) is 0.120. The number of carbonyl (C=O) groups is 1. The number of nitrogens with zero attached hydrogens (tertiary/aromatic N) is 1. The molecule has 0 saturated heterocycles. The second-order valence-electron chi connectivity index (χ2n) is 7.00. The predicted molar refractivity (Wildman–Crippen MR) is 124 cm³/mol. The van der Waals surface area contributed by atoms with Gasteiger partial charge in [-0.25, -0.2) is 4.79 Å². The second-order valence-corrected chi connectivity index (χ2v) is 7.00. The lowest BCUT2D eigenvalue weighted by Crippen LogP contribution is -2.00. The van der Waals surface area contributed by atoms with Crippen LogP contribution in [0.2, 0.25) is 0 Å². The topological polar surface area (TPSA) is 103 Å². The van der Waals surface area contributed by atoms with Gasteiger partial charge >= 0.3 is 5.97 Å². The molecule has 4 aromatic rings. The zero-order valence-electron chi connectivity index (χ0n) is 18.3. The molecular formula is C25H22N2O6. The molecule has 2 N–H and O–H groups in total. The molecule has 0 atom stereocenters.